The van der Waals surface area contributed by atoms with E-state index in [1.807, 2.05) is 18.3 Å². The first kappa shape index (κ1) is 17.3. The van der Waals surface area contributed by atoms with E-state index >= 15 is 0 Å². The number of nitrogens with zero attached hydrogens (tertiary/aromatic N) is 3. The lowest BCUT2D eigenvalue weighted by molar-refractivity contribution is -0.139. The van der Waals surface area contributed by atoms with Crippen molar-refractivity contribution >= 4 is 27.7 Å². The fraction of sp³-hybridized carbons (Fsp3) is 0.684. The maximum Gasteiger partial charge on any atom is 0.229 e. The summed E-state index contributed by atoms with van der Waals surface area (Å²) in [6, 6.07) is 4.41. The van der Waals surface area contributed by atoms with Crippen LogP contribution in [0.15, 0.2) is 22.8 Å². The van der Waals surface area contributed by atoms with Crippen LogP contribution in [-0.2, 0) is 4.79 Å². The number of aliphatic hydroxyl groups is 1. The second kappa shape index (κ2) is 6.88. The molecule has 2 aliphatic heterocycles. The number of carbonyl (C=O) groups is 1. The third-order valence-corrected chi connectivity index (χ3v) is 6.88. The molecule has 25 heavy (non-hydrogen) atoms. The molecule has 2 saturated heterocycles. The summed E-state index contributed by atoms with van der Waals surface area (Å²) in [6.45, 7) is 2.70. The lowest BCUT2D eigenvalue weighted by Crippen LogP contribution is -2.47. The van der Waals surface area contributed by atoms with Gasteiger partial charge < -0.3 is 14.9 Å². The molecule has 0 radical (unpaired) electrons. The zero-order valence-corrected chi connectivity index (χ0v) is 16.1. The number of halogens is 1. The highest BCUT2D eigenvalue weighted by Gasteiger charge is 2.50. The van der Waals surface area contributed by atoms with Gasteiger partial charge in [-0.2, -0.15) is 0 Å². The van der Waals surface area contributed by atoms with Crippen molar-refractivity contribution in [2.24, 2.45) is 5.41 Å². The number of carbonyl (C=O) groups excluding carboxylic acids is 1. The van der Waals surface area contributed by atoms with E-state index in [2.05, 4.69) is 30.7 Å². The van der Waals surface area contributed by atoms with Gasteiger partial charge in [0.05, 0.1) is 11.5 Å². The summed E-state index contributed by atoms with van der Waals surface area (Å²) in [5.74, 6) is 1.37. The van der Waals surface area contributed by atoms with Gasteiger partial charge in [0.1, 0.15) is 5.82 Å². The number of likely N-dealkylation sites (tertiary alicyclic amines) is 1. The van der Waals surface area contributed by atoms with E-state index in [1.54, 1.807) is 0 Å². The monoisotopic (exact) mass is 407 g/mol. The Morgan fingerprint density at radius 3 is 2.40 bits per heavy atom. The molecule has 0 aromatic carbocycles. The van der Waals surface area contributed by atoms with Crippen molar-refractivity contribution in [1.29, 1.82) is 0 Å². The first-order chi connectivity index (χ1) is 12.1. The number of amides is 1. The van der Waals surface area contributed by atoms with Crippen LogP contribution in [0.3, 0.4) is 0 Å². The highest BCUT2D eigenvalue weighted by Crippen LogP contribution is 2.44. The van der Waals surface area contributed by atoms with Crippen LogP contribution >= 0.6 is 15.9 Å². The predicted molar refractivity (Wildman–Crippen MR) is 100 cm³/mol. The van der Waals surface area contributed by atoms with Gasteiger partial charge in [-0.3, -0.25) is 4.79 Å². The maximum absolute atomic E-state index is 13.2. The number of anilines is 1. The molecular weight excluding hydrogens is 382 g/mol. The molecule has 1 aromatic heterocycles. The molecule has 3 heterocycles. The largest absolute Gasteiger partial charge is 0.393 e. The number of piperidine rings is 1. The average Bonchev–Trinajstić information content (AvgIpc) is 2.94. The predicted octanol–water partition coefficient (Wildman–Crippen LogP) is 2.97. The molecule has 136 valence electrons. The van der Waals surface area contributed by atoms with Crippen LogP contribution in [0.4, 0.5) is 5.82 Å². The van der Waals surface area contributed by atoms with Gasteiger partial charge in [0.2, 0.25) is 5.91 Å². The summed E-state index contributed by atoms with van der Waals surface area (Å²) in [5.41, 5.74) is -0.151. The third kappa shape index (κ3) is 3.31. The van der Waals surface area contributed by atoms with Crippen LogP contribution in [0.2, 0.25) is 0 Å². The number of hydrogen-bond acceptors (Lipinski definition) is 4. The maximum atomic E-state index is 13.2. The van der Waals surface area contributed by atoms with Crippen molar-refractivity contribution in [2.75, 3.05) is 24.5 Å². The van der Waals surface area contributed by atoms with Crippen LogP contribution < -0.4 is 4.90 Å². The molecule has 0 bridgehead atoms. The quantitative estimate of drug-likeness (QED) is 0.818. The van der Waals surface area contributed by atoms with Gasteiger partial charge in [-0.15, -0.1) is 0 Å². The van der Waals surface area contributed by atoms with Gasteiger partial charge in [-0.25, -0.2) is 4.98 Å². The SMILES string of the molecule is O=C1N([C@H]2CC[C@H](O)CC2)CCC12CCN(c1ccc(Br)cn1)CC2. The van der Waals surface area contributed by atoms with E-state index in [0.29, 0.717) is 11.9 Å². The number of pyridine rings is 1. The van der Waals surface area contributed by atoms with Crippen LogP contribution in [-0.4, -0.2) is 52.7 Å². The zero-order chi connectivity index (χ0) is 17.4. The van der Waals surface area contributed by atoms with E-state index in [4.69, 9.17) is 0 Å². The molecule has 5 nitrogen and oxygen atoms in total. The van der Waals surface area contributed by atoms with E-state index in [9.17, 15) is 9.90 Å². The summed E-state index contributed by atoms with van der Waals surface area (Å²) in [5, 5.41) is 9.71. The average molecular weight is 408 g/mol. The number of aromatic nitrogens is 1. The highest BCUT2D eigenvalue weighted by atomic mass is 79.9. The minimum Gasteiger partial charge on any atom is -0.393 e. The number of rotatable bonds is 2. The summed E-state index contributed by atoms with van der Waals surface area (Å²) in [4.78, 5) is 22.1. The number of aliphatic hydroxyl groups excluding tert-OH is 1. The van der Waals surface area contributed by atoms with E-state index in [0.717, 1.165) is 74.9 Å². The zero-order valence-electron chi connectivity index (χ0n) is 14.5. The Balaban J connectivity index is 1.39. The van der Waals surface area contributed by atoms with Gasteiger partial charge >= 0.3 is 0 Å². The Hall–Kier alpha value is -1.14. The van der Waals surface area contributed by atoms with Crippen molar-refractivity contribution < 1.29 is 9.90 Å². The highest BCUT2D eigenvalue weighted by molar-refractivity contribution is 9.10. The van der Waals surface area contributed by atoms with E-state index in [-0.39, 0.29) is 11.5 Å². The molecule has 3 fully saturated rings. The molecule has 0 unspecified atom stereocenters. The molecule has 1 amide bonds. The van der Waals surface area contributed by atoms with Crippen molar-refractivity contribution in [2.45, 2.75) is 57.1 Å². The van der Waals surface area contributed by atoms with Gasteiger partial charge in [0, 0.05) is 36.3 Å². The van der Waals surface area contributed by atoms with Crippen LogP contribution in [0.5, 0.6) is 0 Å². The topological polar surface area (TPSA) is 56.7 Å². The summed E-state index contributed by atoms with van der Waals surface area (Å²) in [7, 11) is 0. The fourth-order valence-electron chi connectivity index (χ4n) is 4.75. The fourth-order valence-corrected chi connectivity index (χ4v) is 4.98. The molecule has 1 aliphatic carbocycles. The minimum absolute atomic E-state index is 0.151. The molecule has 1 aromatic rings. The first-order valence-electron chi connectivity index (χ1n) is 9.43. The Morgan fingerprint density at radius 2 is 1.76 bits per heavy atom. The van der Waals surface area contributed by atoms with Crippen molar-refractivity contribution in [1.82, 2.24) is 9.88 Å². The third-order valence-electron chi connectivity index (χ3n) is 6.41. The number of hydrogen-bond donors (Lipinski definition) is 1. The Bertz CT molecular complexity index is 620. The second-order valence-electron chi connectivity index (χ2n) is 7.81. The normalized spacial score (nSPS) is 29.4. The molecule has 3 aliphatic rings. The molecule has 1 saturated carbocycles. The van der Waals surface area contributed by atoms with Crippen LogP contribution in [0, 0.1) is 5.41 Å². The van der Waals surface area contributed by atoms with Gasteiger partial charge in [0.15, 0.2) is 0 Å². The van der Waals surface area contributed by atoms with Crippen molar-refractivity contribution in [3.05, 3.63) is 22.8 Å². The molecule has 4 rings (SSSR count). The van der Waals surface area contributed by atoms with Crippen molar-refractivity contribution in [3.63, 3.8) is 0 Å². The van der Waals surface area contributed by atoms with Gasteiger partial charge in [-0.05, 0) is 73.0 Å². The van der Waals surface area contributed by atoms with Crippen molar-refractivity contribution in [3.8, 4) is 0 Å². The second-order valence-corrected chi connectivity index (χ2v) is 8.73. The Morgan fingerprint density at radius 1 is 1.08 bits per heavy atom. The first-order valence-corrected chi connectivity index (χ1v) is 10.2. The lowest BCUT2D eigenvalue weighted by atomic mass is 9.77. The van der Waals surface area contributed by atoms with Gasteiger partial charge in [-0.1, -0.05) is 0 Å². The molecule has 1 spiro atoms. The summed E-state index contributed by atoms with van der Waals surface area (Å²) >= 11 is 3.43. The lowest BCUT2D eigenvalue weighted by Gasteiger charge is -2.40. The van der Waals surface area contributed by atoms with Gasteiger partial charge in [0.25, 0.3) is 0 Å². The standard InChI is InChI=1S/C19H26BrN3O2/c20-14-1-6-17(21-13-14)22-10-7-19(8-11-22)9-12-23(18(19)25)15-2-4-16(24)5-3-15/h1,6,13,15-16,24H,2-5,7-12H2/t15-,16-. The molecular formula is C19H26BrN3O2. The molecule has 6 heteroatoms. The molecule has 1 N–H and O–H groups in total. The Labute approximate surface area is 157 Å². The molecule has 0 atom stereocenters. The Kier molecular flexibility index (Phi) is 4.75. The smallest absolute Gasteiger partial charge is 0.229 e. The van der Waals surface area contributed by atoms with Crippen LogP contribution in [0.1, 0.15) is 44.9 Å². The summed E-state index contributed by atoms with van der Waals surface area (Å²) in [6.07, 6.45) is 8.10. The minimum atomic E-state index is -0.162. The van der Waals surface area contributed by atoms with Crippen LogP contribution in [0.25, 0.3) is 0 Å². The van der Waals surface area contributed by atoms with E-state index in [1.165, 1.54) is 0 Å². The summed E-state index contributed by atoms with van der Waals surface area (Å²) < 4.78 is 0.990. The van der Waals surface area contributed by atoms with E-state index < -0.39 is 0 Å².